The Kier molecular flexibility index (Phi) is 5.20. The smallest absolute Gasteiger partial charge is 0.337 e. The molecule has 0 saturated carbocycles. The van der Waals surface area contributed by atoms with E-state index in [0.717, 1.165) is 0 Å². The van der Waals surface area contributed by atoms with Crippen molar-refractivity contribution in [2.45, 2.75) is 6.92 Å². The molecule has 112 valence electrons. The first-order chi connectivity index (χ1) is 9.30. The van der Waals surface area contributed by atoms with Gasteiger partial charge in [0.05, 0.1) is 24.1 Å². The summed E-state index contributed by atoms with van der Waals surface area (Å²) >= 11 is 0. The van der Waals surface area contributed by atoms with Gasteiger partial charge in [-0.25, -0.2) is 13.2 Å². The normalized spacial score (nSPS) is 11.1. The van der Waals surface area contributed by atoms with Crippen molar-refractivity contribution in [3.05, 3.63) is 17.7 Å². The highest BCUT2D eigenvalue weighted by atomic mass is 32.2. The fourth-order valence-electron chi connectivity index (χ4n) is 1.46. The zero-order valence-electron chi connectivity index (χ0n) is 11.3. The summed E-state index contributed by atoms with van der Waals surface area (Å²) in [5.74, 6) is -0.933. The average Bonchev–Trinajstić information content (AvgIpc) is 2.39. The number of nitrogen functional groups attached to an aromatic ring is 1. The summed E-state index contributed by atoms with van der Waals surface area (Å²) < 4.78 is 33.0. The summed E-state index contributed by atoms with van der Waals surface area (Å²) in [5.41, 5.74) is 5.49. The second kappa shape index (κ2) is 6.47. The summed E-state index contributed by atoms with van der Waals surface area (Å²) in [6.45, 7) is 1.46. The molecule has 0 aliphatic heterocycles. The number of methoxy groups -OCH3 is 1. The number of ether oxygens (including phenoxy) is 2. The van der Waals surface area contributed by atoms with Gasteiger partial charge in [0, 0.05) is 17.9 Å². The maximum Gasteiger partial charge on any atom is 0.337 e. The van der Waals surface area contributed by atoms with E-state index in [0.29, 0.717) is 0 Å². The molecule has 0 spiro atoms. The van der Waals surface area contributed by atoms with Gasteiger partial charge in [-0.1, -0.05) is 6.92 Å². The van der Waals surface area contributed by atoms with Crippen molar-refractivity contribution in [1.82, 2.24) is 0 Å². The van der Waals surface area contributed by atoms with Crippen LogP contribution in [0.5, 0.6) is 11.5 Å². The molecule has 0 bridgehead atoms. The van der Waals surface area contributed by atoms with Crippen LogP contribution in [-0.2, 0) is 9.84 Å². The number of anilines is 1. The van der Waals surface area contributed by atoms with Crippen LogP contribution >= 0.6 is 0 Å². The van der Waals surface area contributed by atoms with Crippen molar-refractivity contribution < 1.29 is 27.8 Å². The molecule has 0 aliphatic carbocycles. The van der Waals surface area contributed by atoms with Crippen molar-refractivity contribution in [2.75, 3.05) is 31.0 Å². The Morgan fingerprint density at radius 1 is 1.35 bits per heavy atom. The van der Waals surface area contributed by atoms with Crippen LogP contribution in [0, 0.1) is 0 Å². The minimum Gasteiger partial charge on any atom is -0.493 e. The van der Waals surface area contributed by atoms with Crippen LogP contribution in [0.4, 0.5) is 5.69 Å². The Labute approximate surface area is 117 Å². The third kappa shape index (κ3) is 4.02. The highest BCUT2D eigenvalue weighted by Crippen LogP contribution is 2.32. The first-order valence-electron chi connectivity index (χ1n) is 5.84. The maximum atomic E-state index is 11.3. The number of rotatable bonds is 7. The van der Waals surface area contributed by atoms with Crippen molar-refractivity contribution in [3.8, 4) is 11.5 Å². The molecule has 0 heterocycles. The number of hydrogen-bond donors (Lipinski definition) is 2. The SMILES string of the molecule is CCS(=O)(=O)CCOc1cc(C(=O)O)c(N)cc1OC. The van der Waals surface area contributed by atoms with Crippen LogP contribution in [0.1, 0.15) is 17.3 Å². The summed E-state index contributed by atoms with van der Waals surface area (Å²) in [6.07, 6.45) is 0. The fraction of sp³-hybridized carbons (Fsp3) is 0.417. The lowest BCUT2D eigenvalue weighted by Crippen LogP contribution is -2.16. The molecule has 8 heteroatoms. The highest BCUT2D eigenvalue weighted by Gasteiger charge is 2.15. The first-order valence-corrected chi connectivity index (χ1v) is 7.67. The summed E-state index contributed by atoms with van der Waals surface area (Å²) in [5, 5.41) is 8.97. The number of sulfone groups is 1. The fourth-order valence-corrected chi connectivity index (χ4v) is 2.08. The van der Waals surface area contributed by atoms with E-state index in [1.165, 1.54) is 19.2 Å². The Bertz CT molecular complexity index is 596. The third-order valence-corrected chi connectivity index (χ3v) is 4.33. The molecule has 0 unspecified atom stereocenters. The number of carbonyl (C=O) groups is 1. The Hall–Kier alpha value is -1.96. The van der Waals surface area contributed by atoms with Gasteiger partial charge in [0.15, 0.2) is 21.3 Å². The Morgan fingerprint density at radius 3 is 2.50 bits per heavy atom. The van der Waals surface area contributed by atoms with Gasteiger partial charge in [-0.2, -0.15) is 0 Å². The molecule has 0 amide bonds. The van der Waals surface area contributed by atoms with Gasteiger partial charge < -0.3 is 20.3 Å². The molecule has 1 aromatic rings. The summed E-state index contributed by atoms with van der Waals surface area (Å²) in [7, 11) is -1.77. The average molecular weight is 303 g/mol. The predicted octanol–water partition coefficient (Wildman–Crippen LogP) is 0.789. The number of hydrogen-bond acceptors (Lipinski definition) is 6. The van der Waals surface area contributed by atoms with Crippen LogP contribution < -0.4 is 15.2 Å². The van der Waals surface area contributed by atoms with Crippen LogP contribution in [0.15, 0.2) is 12.1 Å². The van der Waals surface area contributed by atoms with Crippen LogP contribution in [0.3, 0.4) is 0 Å². The van der Waals surface area contributed by atoms with E-state index in [9.17, 15) is 13.2 Å². The zero-order chi connectivity index (χ0) is 15.3. The molecular formula is C12H17NO6S. The molecule has 0 radical (unpaired) electrons. The minimum atomic E-state index is -3.15. The lowest BCUT2D eigenvalue weighted by Gasteiger charge is -2.13. The van der Waals surface area contributed by atoms with Gasteiger partial charge in [0.2, 0.25) is 0 Å². The van der Waals surface area contributed by atoms with Gasteiger partial charge >= 0.3 is 5.97 Å². The van der Waals surface area contributed by atoms with Crippen molar-refractivity contribution in [3.63, 3.8) is 0 Å². The van der Waals surface area contributed by atoms with E-state index in [-0.39, 0.29) is 40.9 Å². The molecule has 0 aromatic heterocycles. The van der Waals surface area contributed by atoms with Crippen LogP contribution in [-0.4, -0.2) is 44.7 Å². The van der Waals surface area contributed by atoms with Crippen molar-refractivity contribution in [1.29, 1.82) is 0 Å². The predicted molar refractivity (Wildman–Crippen MR) is 74.2 cm³/mol. The second-order valence-electron chi connectivity index (χ2n) is 3.98. The molecule has 1 rings (SSSR count). The number of carboxylic acid groups (broad SMARTS) is 1. The van der Waals surface area contributed by atoms with E-state index < -0.39 is 15.8 Å². The molecule has 7 nitrogen and oxygen atoms in total. The number of nitrogens with two attached hydrogens (primary N) is 1. The number of benzene rings is 1. The lowest BCUT2D eigenvalue weighted by molar-refractivity contribution is 0.0697. The van der Waals surface area contributed by atoms with Gasteiger partial charge in [-0.05, 0) is 0 Å². The lowest BCUT2D eigenvalue weighted by atomic mass is 10.1. The topological polar surface area (TPSA) is 116 Å². The zero-order valence-corrected chi connectivity index (χ0v) is 12.1. The van der Waals surface area contributed by atoms with Crippen LogP contribution in [0.25, 0.3) is 0 Å². The minimum absolute atomic E-state index is 0.0234. The van der Waals surface area contributed by atoms with Gasteiger partial charge in [-0.15, -0.1) is 0 Å². The largest absolute Gasteiger partial charge is 0.493 e. The van der Waals surface area contributed by atoms with Crippen molar-refractivity contribution >= 4 is 21.5 Å². The summed E-state index contributed by atoms with van der Waals surface area (Å²) in [4.78, 5) is 11.0. The number of aromatic carboxylic acids is 1. The molecule has 0 aliphatic rings. The van der Waals surface area contributed by atoms with Crippen molar-refractivity contribution in [2.24, 2.45) is 0 Å². The quantitative estimate of drug-likeness (QED) is 0.715. The molecule has 3 N–H and O–H groups in total. The first kappa shape index (κ1) is 16.1. The Morgan fingerprint density at radius 2 is 2.00 bits per heavy atom. The maximum absolute atomic E-state index is 11.3. The third-order valence-electron chi connectivity index (χ3n) is 2.66. The standard InChI is InChI=1S/C12H17NO6S/c1-3-20(16,17)5-4-19-11-6-8(12(14)15)9(13)7-10(11)18-2/h6-7H,3-5,13H2,1-2H3,(H,14,15). The van der Waals surface area contributed by atoms with Gasteiger partial charge in [0.25, 0.3) is 0 Å². The van der Waals surface area contributed by atoms with Crippen LogP contribution in [0.2, 0.25) is 0 Å². The number of carboxylic acids is 1. The molecule has 0 saturated heterocycles. The molecule has 0 atom stereocenters. The highest BCUT2D eigenvalue weighted by molar-refractivity contribution is 7.91. The summed E-state index contributed by atoms with van der Waals surface area (Å²) in [6, 6.07) is 2.54. The van der Waals surface area contributed by atoms with E-state index >= 15 is 0 Å². The van der Waals surface area contributed by atoms with E-state index in [1.807, 2.05) is 0 Å². The molecule has 0 fully saturated rings. The van der Waals surface area contributed by atoms with Gasteiger partial charge in [0.1, 0.15) is 6.61 Å². The van der Waals surface area contributed by atoms with E-state index in [1.54, 1.807) is 6.92 Å². The molecule has 1 aromatic carbocycles. The molecule has 20 heavy (non-hydrogen) atoms. The molecular weight excluding hydrogens is 286 g/mol. The second-order valence-corrected chi connectivity index (χ2v) is 6.45. The Balaban J connectivity index is 2.93. The monoisotopic (exact) mass is 303 g/mol. The van der Waals surface area contributed by atoms with E-state index in [2.05, 4.69) is 0 Å². The van der Waals surface area contributed by atoms with E-state index in [4.69, 9.17) is 20.3 Å². The van der Waals surface area contributed by atoms with Gasteiger partial charge in [-0.3, -0.25) is 0 Å².